The van der Waals surface area contributed by atoms with Crippen molar-refractivity contribution in [1.82, 2.24) is 14.2 Å². The largest absolute Gasteiger partial charge is 0.337 e. The van der Waals surface area contributed by atoms with Gasteiger partial charge in [-0.2, -0.15) is 0 Å². The topological polar surface area (TPSA) is 36.4 Å². The predicted octanol–water partition coefficient (Wildman–Crippen LogP) is 2.87. The van der Waals surface area contributed by atoms with Crippen molar-refractivity contribution in [2.24, 2.45) is 11.3 Å². The molecule has 1 aliphatic carbocycles. The maximum Gasteiger partial charge on any atom is 0.265 e. The summed E-state index contributed by atoms with van der Waals surface area (Å²) in [4.78, 5) is 18.2. The summed E-state index contributed by atoms with van der Waals surface area (Å²) in [7, 11) is 0. The van der Waals surface area contributed by atoms with Gasteiger partial charge >= 0.3 is 0 Å². The molecule has 1 saturated carbocycles. The zero-order valence-corrected chi connectivity index (χ0v) is 14.0. The number of carbonyl (C=O) groups excluding carboxylic acids is 1. The minimum Gasteiger partial charge on any atom is -0.337 e. The summed E-state index contributed by atoms with van der Waals surface area (Å²) in [5.41, 5.74) is 0.353. The Hall–Kier alpha value is -0.940. The average Bonchev–Trinajstić information content (AvgIpc) is 3.16. The third-order valence-electron chi connectivity index (χ3n) is 5.55. The Morgan fingerprint density at radius 3 is 2.82 bits per heavy atom. The molecule has 1 unspecified atom stereocenters. The maximum absolute atomic E-state index is 12.6. The summed E-state index contributed by atoms with van der Waals surface area (Å²) in [6.07, 6.45) is 9.63. The molecule has 4 rings (SSSR count). The van der Waals surface area contributed by atoms with E-state index in [-0.39, 0.29) is 5.91 Å². The van der Waals surface area contributed by atoms with E-state index in [1.165, 1.54) is 63.3 Å². The molecule has 3 fully saturated rings. The molecule has 0 N–H and O–H groups in total. The van der Waals surface area contributed by atoms with Crippen molar-refractivity contribution in [2.45, 2.75) is 38.5 Å². The van der Waals surface area contributed by atoms with E-state index < -0.39 is 0 Å². The van der Waals surface area contributed by atoms with Gasteiger partial charge in [0.2, 0.25) is 0 Å². The molecule has 1 amide bonds. The summed E-state index contributed by atoms with van der Waals surface area (Å²) < 4.78 is 4.08. The van der Waals surface area contributed by atoms with Crippen LogP contribution in [0.15, 0.2) is 12.3 Å². The second-order valence-corrected chi connectivity index (χ2v) is 8.32. The van der Waals surface area contributed by atoms with Gasteiger partial charge in [-0.3, -0.25) is 4.79 Å². The third kappa shape index (κ3) is 3.06. The molecule has 1 aromatic rings. The summed E-state index contributed by atoms with van der Waals surface area (Å²) >= 11 is 1.33. The van der Waals surface area contributed by atoms with Crippen LogP contribution in [0.25, 0.3) is 0 Å². The fourth-order valence-electron chi connectivity index (χ4n) is 4.33. The Labute approximate surface area is 136 Å². The smallest absolute Gasteiger partial charge is 0.265 e. The highest BCUT2D eigenvalue weighted by atomic mass is 32.1. The molecule has 1 aromatic heterocycles. The molecule has 3 aliphatic rings. The van der Waals surface area contributed by atoms with Crippen LogP contribution in [0.1, 0.15) is 48.2 Å². The van der Waals surface area contributed by atoms with Crippen LogP contribution in [0.3, 0.4) is 0 Å². The second kappa shape index (κ2) is 5.93. The molecular formula is C17H25N3OS. The molecule has 2 aliphatic heterocycles. The van der Waals surface area contributed by atoms with E-state index in [0.29, 0.717) is 5.41 Å². The molecule has 120 valence electrons. The maximum atomic E-state index is 12.6. The standard InChI is InChI=1S/C17H25N3OS/c21-16(15-5-8-18-22-15)20-10-2-7-17(13-20)6-1-9-19(12-17)11-14-3-4-14/h5,8,14H,1-4,6-7,9-13H2. The predicted molar refractivity (Wildman–Crippen MR) is 88.1 cm³/mol. The summed E-state index contributed by atoms with van der Waals surface area (Å²) in [5.74, 6) is 1.16. The van der Waals surface area contributed by atoms with Gasteiger partial charge in [0.25, 0.3) is 5.91 Å². The van der Waals surface area contributed by atoms with Gasteiger partial charge in [-0.05, 0) is 68.6 Å². The lowest BCUT2D eigenvalue weighted by molar-refractivity contribution is 0.0127. The molecule has 22 heavy (non-hydrogen) atoms. The monoisotopic (exact) mass is 319 g/mol. The first kappa shape index (κ1) is 14.6. The Kier molecular flexibility index (Phi) is 3.95. The van der Waals surface area contributed by atoms with E-state index in [1.807, 2.05) is 6.07 Å². The van der Waals surface area contributed by atoms with Crippen LogP contribution in [0.5, 0.6) is 0 Å². The summed E-state index contributed by atoms with van der Waals surface area (Å²) in [5, 5.41) is 0. The SMILES string of the molecule is O=C(c1ccns1)N1CCCC2(CCCN(CC3CC3)C2)C1. The quantitative estimate of drug-likeness (QED) is 0.859. The molecule has 5 heteroatoms. The van der Waals surface area contributed by atoms with Crippen molar-refractivity contribution in [1.29, 1.82) is 0 Å². The fourth-order valence-corrected chi connectivity index (χ4v) is 4.89. The number of hydrogen-bond donors (Lipinski definition) is 0. The minimum atomic E-state index is 0.195. The summed E-state index contributed by atoms with van der Waals surface area (Å²) in [6, 6.07) is 1.86. The van der Waals surface area contributed by atoms with E-state index in [2.05, 4.69) is 14.2 Å². The van der Waals surface area contributed by atoms with Crippen molar-refractivity contribution >= 4 is 17.4 Å². The van der Waals surface area contributed by atoms with Gasteiger partial charge in [-0.15, -0.1) is 0 Å². The molecule has 0 bridgehead atoms. The Bertz CT molecular complexity index is 524. The van der Waals surface area contributed by atoms with Gasteiger partial charge in [0.15, 0.2) is 0 Å². The van der Waals surface area contributed by atoms with Crippen LogP contribution in [-0.4, -0.2) is 52.8 Å². The van der Waals surface area contributed by atoms with Crippen LogP contribution >= 0.6 is 11.5 Å². The van der Waals surface area contributed by atoms with Crippen molar-refractivity contribution in [3.63, 3.8) is 0 Å². The van der Waals surface area contributed by atoms with Crippen molar-refractivity contribution < 1.29 is 4.79 Å². The average molecular weight is 319 g/mol. The first-order valence-corrected chi connectivity index (χ1v) is 9.44. The Morgan fingerprint density at radius 1 is 1.27 bits per heavy atom. The second-order valence-electron chi connectivity index (χ2n) is 7.49. The number of carbonyl (C=O) groups is 1. The first-order chi connectivity index (χ1) is 10.7. The van der Waals surface area contributed by atoms with Crippen LogP contribution in [0.2, 0.25) is 0 Å². The number of piperidine rings is 2. The van der Waals surface area contributed by atoms with E-state index in [4.69, 9.17) is 0 Å². The van der Waals surface area contributed by atoms with Gasteiger partial charge in [0.1, 0.15) is 4.88 Å². The molecule has 0 radical (unpaired) electrons. The lowest BCUT2D eigenvalue weighted by Crippen LogP contribution is -2.53. The zero-order valence-electron chi connectivity index (χ0n) is 13.2. The highest BCUT2D eigenvalue weighted by molar-refractivity contribution is 7.08. The first-order valence-electron chi connectivity index (χ1n) is 8.66. The lowest BCUT2D eigenvalue weighted by atomic mass is 9.73. The fraction of sp³-hybridized carbons (Fsp3) is 0.765. The van der Waals surface area contributed by atoms with Crippen LogP contribution < -0.4 is 0 Å². The van der Waals surface area contributed by atoms with Gasteiger partial charge in [0.05, 0.1) is 0 Å². The number of rotatable bonds is 3. The van der Waals surface area contributed by atoms with Gasteiger partial charge in [-0.1, -0.05) is 0 Å². The number of hydrogen-bond acceptors (Lipinski definition) is 4. The Morgan fingerprint density at radius 2 is 2.09 bits per heavy atom. The molecule has 1 spiro atoms. The van der Waals surface area contributed by atoms with Crippen molar-refractivity contribution in [3.8, 4) is 0 Å². The lowest BCUT2D eigenvalue weighted by Gasteiger charge is -2.48. The molecule has 2 saturated heterocycles. The number of nitrogens with zero attached hydrogens (tertiary/aromatic N) is 3. The van der Waals surface area contributed by atoms with Crippen molar-refractivity contribution in [3.05, 3.63) is 17.1 Å². The van der Waals surface area contributed by atoms with Crippen molar-refractivity contribution in [2.75, 3.05) is 32.7 Å². The van der Waals surface area contributed by atoms with E-state index in [1.54, 1.807) is 6.20 Å². The highest BCUT2D eigenvalue weighted by Gasteiger charge is 2.41. The van der Waals surface area contributed by atoms with Gasteiger partial charge in [-0.25, -0.2) is 4.37 Å². The van der Waals surface area contributed by atoms with Gasteiger partial charge in [0, 0.05) is 37.8 Å². The molecule has 3 heterocycles. The number of aromatic nitrogens is 1. The molecular weight excluding hydrogens is 294 g/mol. The van der Waals surface area contributed by atoms with Gasteiger partial charge < -0.3 is 9.80 Å². The van der Waals surface area contributed by atoms with Crippen LogP contribution in [-0.2, 0) is 0 Å². The third-order valence-corrected chi connectivity index (χ3v) is 6.29. The number of likely N-dealkylation sites (tertiary alicyclic amines) is 2. The zero-order chi connectivity index (χ0) is 15.0. The Balaban J connectivity index is 1.43. The normalized spacial score (nSPS) is 29.9. The molecule has 4 nitrogen and oxygen atoms in total. The minimum absolute atomic E-state index is 0.195. The number of amides is 1. The molecule has 0 aromatic carbocycles. The van der Waals surface area contributed by atoms with Crippen LogP contribution in [0.4, 0.5) is 0 Å². The summed E-state index contributed by atoms with van der Waals surface area (Å²) in [6.45, 7) is 5.63. The van der Waals surface area contributed by atoms with E-state index >= 15 is 0 Å². The highest BCUT2D eigenvalue weighted by Crippen LogP contribution is 2.40. The van der Waals surface area contributed by atoms with Crippen LogP contribution in [0, 0.1) is 11.3 Å². The van der Waals surface area contributed by atoms with E-state index in [0.717, 1.165) is 30.3 Å². The molecule has 1 atom stereocenters. The van der Waals surface area contributed by atoms with E-state index in [9.17, 15) is 4.79 Å².